The molecule has 1 aromatic rings. The third kappa shape index (κ3) is 5.36. The lowest BCUT2D eigenvalue weighted by Crippen LogP contribution is -2.20. The highest BCUT2D eigenvalue weighted by atomic mass is 15.1. The molecule has 1 aromatic carbocycles. The summed E-state index contributed by atoms with van der Waals surface area (Å²) in [4.78, 5) is 2.59. The normalized spacial score (nSPS) is 15.5. The Morgan fingerprint density at radius 1 is 1.12 bits per heavy atom. The standard InChI is InChI=1S/C14H21N.C2H6/c1-13-6-4-7-14(12-13)8-5-11-15-9-2-3-10-15;1-2/h4,6-7,12H,2-3,5,8-11H2,1H3;1-2H3. The van der Waals surface area contributed by atoms with Gasteiger partial charge in [0.25, 0.3) is 0 Å². The van der Waals surface area contributed by atoms with Gasteiger partial charge < -0.3 is 4.90 Å². The molecule has 2 rings (SSSR count). The van der Waals surface area contributed by atoms with Crippen molar-refractivity contribution in [2.75, 3.05) is 19.6 Å². The average Bonchev–Trinajstić information content (AvgIpc) is 2.85. The Bertz CT molecular complexity index is 300. The van der Waals surface area contributed by atoms with Gasteiger partial charge in [-0.1, -0.05) is 43.7 Å². The summed E-state index contributed by atoms with van der Waals surface area (Å²) in [6.07, 6.45) is 5.36. The molecule has 0 radical (unpaired) electrons. The molecule has 1 aliphatic rings. The Balaban J connectivity index is 0.000000686. The summed E-state index contributed by atoms with van der Waals surface area (Å²) >= 11 is 0. The van der Waals surface area contributed by atoms with Crippen molar-refractivity contribution in [1.82, 2.24) is 4.90 Å². The van der Waals surface area contributed by atoms with E-state index in [-0.39, 0.29) is 0 Å². The first kappa shape index (κ1) is 14.2. The second-order valence-electron chi connectivity index (χ2n) is 4.64. The minimum Gasteiger partial charge on any atom is -0.303 e. The summed E-state index contributed by atoms with van der Waals surface area (Å²) in [6, 6.07) is 8.89. The van der Waals surface area contributed by atoms with Crippen molar-refractivity contribution >= 4 is 0 Å². The van der Waals surface area contributed by atoms with Crippen LogP contribution in [-0.4, -0.2) is 24.5 Å². The second kappa shape index (κ2) is 8.30. The Morgan fingerprint density at radius 2 is 1.82 bits per heavy atom. The monoisotopic (exact) mass is 233 g/mol. The molecule has 0 aromatic heterocycles. The van der Waals surface area contributed by atoms with Gasteiger partial charge in [0, 0.05) is 0 Å². The van der Waals surface area contributed by atoms with E-state index in [9.17, 15) is 0 Å². The molecular formula is C16H27N. The second-order valence-corrected chi connectivity index (χ2v) is 4.64. The number of likely N-dealkylation sites (tertiary alicyclic amines) is 1. The van der Waals surface area contributed by atoms with Gasteiger partial charge in [-0.2, -0.15) is 0 Å². The average molecular weight is 233 g/mol. The van der Waals surface area contributed by atoms with Crippen LogP contribution in [0.25, 0.3) is 0 Å². The van der Waals surface area contributed by atoms with Crippen molar-refractivity contribution in [3.05, 3.63) is 35.4 Å². The number of nitrogens with zero attached hydrogens (tertiary/aromatic N) is 1. The Kier molecular flexibility index (Phi) is 6.95. The number of hydrogen-bond acceptors (Lipinski definition) is 1. The fourth-order valence-electron chi connectivity index (χ4n) is 2.38. The number of aryl methyl sites for hydroxylation is 2. The first-order chi connectivity index (χ1) is 8.34. The van der Waals surface area contributed by atoms with Crippen LogP contribution in [0, 0.1) is 6.92 Å². The summed E-state index contributed by atoms with van der Waals surface area (Å²) in [7, 11) is 0. The van der Waals surface area contributed by atoms with E-state index in [2.05, 4.69) is 36.1 Å². The molecule has 1 heterocycles. The summed E-state index contributed by atoms with van der Waals surface area (Å²) in [5.74, 6) is 0. The van der Waals surface area contributed by atoms with E-state index in [1.807, 2.05) is 13.8 Å². The largest absolute Gasteiger partial charge is 0.303 e. The lowest BCUT2D eigenvalue weighted by Gasteiger charge is -2.13. The highest BCUT2D eigenvalue weighted by Gasteiger charge is 2.10. The van der Waals surface area contributed by atoms with Crippen LogP contribution in [0.5, 0.6) is 0 Å². The molecule has 0 unspecified atom stereocenters. The van der Waals surface area contributed by atoms with Crippen LogP contribution in [0.15, 0.2) is 24.3 Å². The van der Waals surface area contributed by atoms with E-state index in [0.717, 1.165) is 0 Å². The van der Waals surface area contributed by atoms with Crippen molar-refractivity contribution in [2.45, 2.75) is 46.5 Å². The fraction of sp³-hybridized carbons (Fsp3) is 0.625. The molecule has 0 atom stereocenters. The first-order valence-corrected chi connectivity index (χ1v) is 7.12. The third-order valence-electron chi connectivity index (χ3n) is 3.22. The minimum absolute atomic E-state index is 1.23. The smallest absolute Gasteiger partial charge is 0.00156 e. The van der Waals surface area contributed by atoms with E-state index in [1.54, 1.807) is 0 Å². The third-order valence-corrected chi connectivity index (χ3v) is 3.22. The van der Waals surface area contributed by atoms with Gasteiger partial charge in [-0.25, -0.2) is 0 Å². The zero-order valence-electron chi connectivity index (χ0n) is 11.7. The highest BCUT2D eigenvalue weighted by molar-refractivity contribution is 5.22. The van der Waals surface area contributed by atoms with Crippen molar-refractivity contribution in [2.24, 2.45) is 0 Å². The van der Waals surface area contributed by atoms with Crippen LogP contribution < -0.4 is 0 Å². The van der Waals surface area contributed by atoms with Crippen LogP contribution in [0.2, 0.25) is 0 Å². The number of hydrogen-bond donors (Lipinski definition) is 0. The van der Waals surface area contributed by atoms with Crippen LogP contribution in [0.1, 0.15) is 44.2 Å². The van der Waals surface area contributed by atoms with Gasteiger partial charge in [0.15, 0.2) is 0 Å². The Morgan fingerprint density at radius 3 is 2.47 bits per heavy atom. The molecular weight excluding hydrogens is 206 g/mol. The molecule has 1 nitrogen and oxygen atoms in total. The first-order valence-electron chi connectivity index (χ1n) is 7.12. The Hall–Kier alpha value is -0.820. The SMILES string of the molecule is CC.Cc1cccc(CCCN2CCCC2)c1. The summed E-state index contributed by atoms with van der Waals surface area (Å²) < 4.78 is 0. The van der Waals surface area contributed by atoms with E-state index >= 15 is 0 Å². The minimum atomic E-state index is 1.23. The lowest BCUT2D eigenvalue weighted by atomic mass is 10.1. The molecule has 17 heavy (non-hydrogen) atoms. The van der Waals surface area contributed by atoms with Crippen LogP contribution in [0.3, 0.4) is 0 Å². The van der Waals surface area contributed by atoms with Gasteiger partial charge in [0.1, 0.15) is 0 Å². The number of rotatable bonds is 4. The van der Waals surface area contributed by atoms with Gasteiger partial charge in [-0.05, 0) is 57.8 Å². The van der Waals surface area contributed by atoms with Crippen molar-refractivity contribution in [3.63, 3.8) is 0 Å². The summed E-state index contributed by atoms with van der Waals surface area (Å²) in [5, 5.41) is 0. The lowest BCUT2D eigenvalue weighted by molar-refractivity contribution is 0.334. The van der Waals surface area contributed by atoms with Crippen LogP contribution in [0.4, 0.5) is 0 Å². The van der Waals surface area contributed by atoms with E-state index in [4.69, 9.17) is 0 Å². The van der Waals surface area contributed by atoms with Gasteiger partial charge >= 0.3 is 0 Å². The van der Waals surface area contributed by atoms with Crippen LogP contribution >= 0.6 is 0 Å². The molecule has 0 bridgehead atoms. The fourth-order valence-corrected chi connectivity index (χ4v) is 2.38. The maximum Gasteiger partial charge on any atom is -0.00156 e. The molecule has 1 saturated heterocycles. The van der Waals surface area contributed by atoms with E-state index < -0.39 is 0 Å². The van der Waals surface area contributed by atoms with E-state index in [0.29, 0.717) is 0 Å². The van der Waals surface area contributed by atoms with Crippen molar-refractivity contribution in [3.8, 4) is 0 Å². The quantitative estimate of drug-likeness (QED) is 0.758. The van der Waals surface area contributed by atoms with Crippen molar-refractivity contribution < 1.29 is 0 Å². The molecule has 0 spiro atoms. The highest BCUT2D eigenvalue weighted by Crippen LogP contribution is 2.10. The predicted molar refractivity (Wildman–Crippen MR) is 76.5 cm³/mol. The maximum absolute atomic E-state index is 2.59. The van der Waals surface area contributed by atoms with Gasteiger partial charge in [0.2, 0.25) is 0 Å². The molecule has 0 amide bonds. The zero-order chi connectivity index (χ0) is 12.5. The molecule has 1 aliphatic heterocycles. The molecule has 1 heteroatoms. The van der Waals surface area contributed by atoms with Gasteiger partial charge in [-0.15, -0.1) is 0 Å². The topological polar surface area (TPSA) is 3.24 Å². The maximum atomic E-state index is 2.59. The summed E-state index contributed by atoms with van der Waals surface area (Å²) in [5.41, 5.74) is 2.88. The molecule has 0 saturated carbocycles. The predicted octanol–water partition coefficient (Wildman–Crippen LogP) is 4.05. The van der Waals surface area contributed by atoms with Crippen molar-refractivity contribution in [1.29, 1.82) is 0 Å². The Labute approximate surface area is 107 Å². The summed E-state index contributed by atoms with van der Waals surface area (Å²) in [6.45, 7) is 10.1. The van der Waals surface area contributed by atoms with E-state index in [1.165, 1.54) is 56.4 Å². The van der Waals surface area contributed by atoms with Gasteiger partial charge in [0.05, 0.1) is 0 Å². The molecule has 1 fully saturated rings. The molecule has 96 valence electrons. The van der Waals surface area contributed by atoms with Crippen LogP contribution in [-0.2, 0) is 6.42 Å². The number of benzene rings is 1. The molecule has 0 N–H and O–H groups in total. The molecule has 0 aliphatic carbocycles. The zero-order valence-corrected chi connectivity index (χ0v) is 11.7. The van der Waals surface area contributed by atoms with Gasteiger partial charge in [-0.3, -0.25) is 0 Å².